The van der Waals surface area contributed by atoms with Crippen LogP contribution < -0.4 is 0 Å². The molecule has 4 aromatic carbocycles. The van der Waals surface area contributed by atoms with E-state index in [9.17, 15) is 0 Å². The molecule has 3 aromatic heterocycles. The predicted molar refractivity (Wildman–Crippen MR) is 141 cm³/mol. The molecule has 7 rings (SSSR count). The maximum absolute atomic E-state index is 4.77. The molecule has 0 N–H and O–H groups in total. The molecule has 34 heavy (non-hydrogen) atoms. The average Bonchev–Trinajstić information content (AvgIpc) is 3.49. The van der Waals surface area contributed by atoms with Gasteiger partial charge in [0.05, 0.1) is 16.6 Å². The molecule has 0 saturated heterocycles. The summed E-state index contributed by atoms with van der Waals surface area (Å²) in [5, 5.41) is 3.69. The number of aromatic nitrogens is 3. The minimum Gasteiger partial charge on any atom is -0.307 e. The van der Waals surface area contributed by atoms with Gasteiger partial charge in [-0.15, -0.1) is 0 Å². The van der Waals surface area contributed by atoms with E-state index in [2.05, 4.69) is 125 Å². The first-order valence-corrected chi connectivity index (χ1v) is 11.5. The van der Waals surface area contributed by atoms with E-state index in [1.807, 2.05) is 12.3 Å². The van der Waals surface area contributed by atoms with Crippen LogP contribution >= 0.6 is 0 Å². The van der Waals surface area contributed by atoms with Crippen molar-refractivity contribution in [2.75, 3.05) is 0 Å². The van der Waals surface area contributed by atoms with Crippen molar-refractivity contribution in [1.29, 1.82) is 0 Å². The number of hydrogen-bond donors (Lipinski definition) is 0. The van der Waals surface area contributed by atoms with Gasteiger partial charge in [0.15, 0.2) is 0 Å². The molecule has 0 saturated carbocycles. The molecule has 0 radical (unpaired) electrons. The molecule has 0 spiro atoms. The van der Waals surface area contributed by atoms with Crippen LogP contribution in [0.15, 0.2) is 128 Å². The summed E-state index contributed by atoms with van der Waals surface area (Å²) in [7, 11) is 0. The molecule has 160 valence electrons. The van der Waals surface area contributed by atoms with Crippen molar-refractivity contribution in [1.82, 2.24) is 14.1 Å². The quantitative estimate of drug-likeness (QED) is 0.278. The lowest BCUT2D eigenvalue weighted by atomic mass is 10.1. The van der Waals surface area contributed by atoms with E-state index in [0.717, 1.165) is 22.6 Å². The third kappa shape index (κ3) is 2.81. The van der Waals surface area contributed by atoms with E-state index < -0.39 is 0 Å². The number of rotatable bonds is 3. The summed E-state index contributed by atoms with van der Waals surface area (Å²) in [6.07, 6.45) is 4.03. The SMILES string of the molecule is c1ccc(-c2ccnc(-n3ccc4ccc5c6ccccc6n(-c6ccccc6)c5c43)c2)cc1. The van der Waals surface area contributed by atoms with Gasteiger partial charge in [0.1, 0.15) is 5.82 Å². The Hall–Kier alpha value is -4.63. The van der Waals surface area contributed by atoms with E-state index in [1.54, 1.807) is 0 Å². The molecule has 0 amide bonds. The minimum atomic E-state index is 0.911. The number of fused-ring (bicyclic) bond motifs is 5. The second kappa shape index (κ2) is 7.46. The highest BCUT2D eigenvalue weighted by atomic mass is 15.1. The average molecular weight is 436 g/mol. The van der Waals surface area contributed by atoms with E-state index in [1.165, 1.54) is 32.8 Å². The minimum absolute atomic E-state index is 0.911. The van der Waals surface area contributed by atoms with Crippen molar-refractivity contribution in [3.05, 3.63) is 128 Å². The molecule has 0 atom stereocenters. The fourth-order valence-corrected chi connectivity index (χ4v) is 5.07. The van der Waals surface area contributed by atoms with Crippen LogP contribution in [0.4, 0.5) is 0 Å². The zero-order chi connectivity index (χ0) is 22.5. The second-order valence-electron chi connectivity index (χ2n) is 8.54. The Morgan fingerprint density at radius 1 is 0.559 bits per heavy atom. The first-order chi connectivity index (χ1) is 16.9. The van der Waals surface area contributed by atoms with E-state index in [-0.39, 0.29) is 0 Å². The fraction of sp³-hybridized carbons (Fsp3) is 0. The summed E-state index contributed by atoms with van der Waals surface area (Å²) in [6.45, 7) is 0. The van der Waals surface area contributed by atoms with Gasteiger partial charge in [-0.1, -0.05) is 78.9 Å². The molecule has 0 fully saturated rings. The smallest absolute Gasteiger partial charge is 0.137 e. The lowest BCUT2D eigenvalue weighted by molar-refractivity contribution is 1.04. The molecule has 3 heteroatoms. The van der Waals surface area contributed by atoms with Gasteiger partial charge in [-0.3, -0.25) is 4.57 Å². The highest BCUT2D eigenvalue weighted by molar-refractivity contribution is 6.18. The van der Waals surface area contributed by atoms with Gasteiger partial charge < -0.3 is 4.57 Å². The van der Waals surface area contributed by atoms with Gasteiger partial charge in [0.25, 0.3) is 0 Å². The van der Waals surface area contributed by atoms with Gasteiger partial charge in [-0.25, -0.2) is 4.98 Å². The molecule has 0 aliphatic carbocycles. The Bertz CT molecular complexity index is 1790. The van der Waals surface area contributed by atoms with Crippen LogP contribution in [0.25, 0.3) is 55.3 Å². The van der Waals surface area contributed by atoms with Gasteiger partial charge in [-0.05, 0) is 47.5 Å². The lowest BCUT2D eigenvalue weighted by Gasteiger charge is -2.12. The molecule has 0 aliphatic heterocycles. The van der Waals surface area contributed by atoms with Gasteiger partial charge >= 0.3 is 0 Å². The molecular weight excluding hydrogens is 414 g/mol. The number of pyridine rings is 1. The van der Waals surface area contributed by atoms with Crippen LogP contribution in [0.3, 0.4) is 0 Å². The number of nitrogens with zero attached hydrogens (tertiary/aromatic N) is 3. The van der Waals surface area contributed by atoms with Gasteiger partial charge in [0, 0.05) is 34.2 Å². The van der Waals surface area contributed by atoms with Crippen molar-refractivity contribution in [2.24, 2.45) is 0 Å². The summed E-state index contributed by atoms with van der Waals surface area (Å²) < 4.78 is 4.60. The summed E-state index contributed by atoms with van der Waals surface area (Å²) in [5.41, 5.74) is 7.06. The maximum atomic E-state index is 4.77. The highest BCUT2D eigenvalue weighted by Gasteiger charge is 2.18. The molecule has 0 unspecified atom stereocenters. The van der Waals surface area contributed by atoms with Crippen molar-refractivity contribution in [3.63, 3.8) is 0 Å². The number of hydrogen-bond acceptors (Lipinski definition) is 1. The van der Waals surface area contributed by atoms with Crippen molar-refractivity contribution >= 4 is 32.7 Å². The van der Waals surface area contributed by atoms with E-state index in [4.69, 9.17) is 4.98 Å². The van der Waals surface area contributed by atoms with Crippen LogP contribution in [0.2, 0.25) is 0 Å². The molecule has 0 aliphatic rings. The largest absolute Gasteiger partial charge is 0.307 e. The lowest BCUT2D eigenvalue weighted by Crippen LogP contribution is -1.99. The summed E-state index contributed by atoms with van der Waals surface area (Å²) in [4.78, 5) is 4.77. The summed E-state index contributed by atoms with van der Waals surface area (Å²) in [5.74, 6) is 0.911. The van der Waals surface area contributed by atoms with E-state index >= 15 is 0 Å². The Morgan fingerprint density at radius 3 is 2.18 bits per heavy atom. The topological polar surface area (TPSA) is 22.8 Å². The normalized spacial score (nSPS) is 11.5. The Labute approximate surface area is 197 Å². The molecule has 3 heterocycles. The van der Waals surface area contributed by atoms with Crippen LogP contribution in [0.1, 0.15) is 0 Å². The Kier molecular flexibility index (Phi) is 4.15. The zero-order valence-corrected chi connectivity index (χ0v) is 18.5. The van der Waals surface area contributed by atoms with Crippen LogP contribution in [0.5, 0.6) is 0 Å². The summed E-state index contributed by atoms with van der Waals surface area (Å²) in [6, 6.07) is 40.6. The summed E-state index contributed by atoms with van der Waals surface area (Å²) >= 11 is 0. The van der Waals surface area contributed by atoms with Crippen LogP contribution in [-0.2, 0) is 0 Å². The highest BCUT2D eigenvalue weighted by Crippen LogP contribution is 2.37. The first-order valence-electron chi connectivity index (χ1n) is 11.5. The van der Waals surface area contributed by atoms with Crippen molar-refractivity contribution in [2.45, 2.75) is 0 Å². The maximum Gasteiger partial charge on any atom is 0.137 e. The van der Waals surface area contributed by atoms with Gasteiger partial charge in [-0.2, -0.15) is 0 Å². The zero-order valence-electron chi connectivity index (χ0n) is 18.5. The predicted octanol–water partition coefficient (Wildman–Crippen LogP) is 7.79. The second-order valence-corrected chi connectivity index (χ2v) is 8.54. The van der Waals surface area contributed by atoms with Crippen molar-refractivity contribution < 1.29 is 0 Å². The third-order valence-corrected chi connectivity index (χ3v) is 6.60. The molecule has 0 bridgehead atoms. The molecule has 7 aromatic rings. The molecule has 3 nitrogen and oxygen atoms in total. The Morgan fingerprint density at radius 2 is 1.32 bits per heavy atom. The van der Waals surface area contributed by atoms with Crippen molar-refractivity contribution in [3.8, 4) is 22.6 Å². The Balaban J connectivity index is 1.58. The fourth-order valence-electron chi connectivity index (χ4n) is 5.07. The molecular formula is C31H21N3. The monoisotopic (exact) mass is 435 g/mol. The van der Waals surface area contributed by atoms with E-state index in [0.29, 0.717) is 0 Å². The first kappa shape index (κ1) is 18.9. The third-order valence-electron chi connectivity index (χ3n) is 6.60. The number of benzene rings is 4. The number of para-hydroxylation sites is 2. The van der Waals surface area contributed by atoms with Crippen LogP contribution in [-0.4, -0.2) is 14.1 Å². The standard InChI is InChI=1S/C31H21N3/c1-3-9-22(10-4-1)24-17-19-32-29(21-24)33-20-18-23-15-16-27-26-13-7-8-14-28(26)34(31(27)30(23)33)25-11-5-2-6-12-25/h1-21H. The van der Waals surface area contributed by atoms with Gasteiger partial charge in [0.2, 0.25) is 0 Å². The van der Waals surface area contributed by atoms with Crippen LogP contribution in [0, 0.1) is 0 Å².